The maximum Gasteiger partial charge on any atom is 0.433 e. The first-order valence-corrected chi connectivity index (χ1v) is 6.63. The van der Waals surface area contributed by atoms with Crippen molar-refractivity contribution < 1.29 is 14.4 Å². The van der Waals surface area contributed by atoms with Crippen molar-refractivity contribution in [1.82, 2.24) is 0 Å². The van der Waals surface area contributed by atoms with E-state index in [2.05, 4.69) is 20.8 Å². The molecule has 5 nitrogen and oxygen atoms in total. The van der Waals surface area contributed by atoms with Gasteiger partial charge in [-0.05, 0) is 23.6 Å². The molecule has 0 aliphatic rings. The van der Waals surface area contributed by atoms with E-state index in [0.29, 0.717) is 4.88 Å². The number of thiophene rings is 1. The molecule has 0 saturated carbocycles. The first-order chi connectivity index (χ1) is 8.79. The largest absolute Gasteiger partial charge is 0.433 e. The van der Waals surface area contributed by atoms with E-state index in [4.69, 9.17) is 4.42 Å². The SMILES string of the molecule is CC(C)(C)c1ccc(C(O)c2ccc([N+](=O)[O-])o2)s1. The van der Waals surface area contributed by atoms with Gasteiger partial charge in [0.25, 0.3) is 0 Å². The summed E-state index contributed by atoms with van der Waals surface area (Å²) in [5, 5.41) is 20.7. The molecule has 0 spiro atoms. The highest BCUT2D eigenvalue weighted by atomic mass is 32.1. The molecule has 2 heterocycles. The van der Waals surface area contributed by atoms with E-state index < -0.39 is 11.0 Å². The van der Waals surface area contributed by atoms with Gasteiger partial charge in [0.2, 0.25) is 0 Å². The van der Waals surface area contributed by atoms with Gasteiger partial charge in [0.05, 0.1) is 6.07 Å². The van der Waals surface area contributed by atoms with Gasteiger partial charge >= 0.3 is 5.88 Å². The Bertz CT molecular complexity index is 594. The van der Waals surface area contributed by atoms with Crippen molar-refractivity contribution in [3.05, 3.63) is 49.9 Å². The minimum atomic E-state index is -0.963. The van der Waals surface area contributed by atoms with Crippen molar-refractivity contribution in [3.63, 3.8) is 0 Å². The molecular weight excluding hydrogens is 266 g/mol. The molecule has 2 aromatic rings. The van der Waals surface area contributed by atoms with Gasteiger partial charge in [-0.2, -0.15) is 0 Å². The fourth-order valence-electron chi connectivity index (χ4n) is 1.63. The number of aliphatic hydroxyl groups is 1. The Morgan fingerprint density at radius 1 is 1.32 bits per heavy atom. The van der Waals surface area contributed by atoms with E-state index in [1.165, 1.54) is 23.5 Å². The standard InChI is InChI=1S/C13H15NO4S/c1-13(2,3)10-6-5-9(19-10)12(15)8-4-7-11(18-8)14(16)17/h4-7,12,15H,1-3H3. The van der Waals surface area contributed by atoms with Gasteiger partial charge in [-0.1, -0.05) is 20.8 Å². The molecule has 0 radical (unpaired) electrons. The molecule has 1 atom stereocenters. The summed E-state index contributed by atoms with van der Waals surface area (Å²) < 4.78 is 5.01. The minimum Gasteiger partial charge on any atom is -0.403 e. The molecule has 0 aliphatic heterocycles. The molecule has 1 N–H and O–H groups in total. The van der Waals surface area contributed by atoms with E-state index in [9.17, 15) is 15.2 Å². The van der Waals surface area contributed by atoms with Crippen molar-refractivity contribution in [2.24, 2.45) is 0 Å². The summed E-state index contributed by atoms with van der Waals surface area (Å²) >= 11 is 1.48. The van der Waals surface area contributed by atoms with Crippen LogP contribution in [0.25, 0.3) is 0 Å². The van der Waals surface area contributed by atoms with E-state index in [1.54, 1.807) is 0 Å². The van der Waals surface area contributed by atoms with E-state index in [1.807, 2.05) is 12.1 Å². The summed E-state index contributed by atoms with van der Waals surface area (Å²) in [5.74, 6) is -0.171. The Balaban J connectivity index is 2.26. The molecule has 6 heteroatoms. The van der Waals surface area contributed by atoms with Crippen LogP contribution in [0.4, 0.5) is 5.88 Å². The van der Waals surface area contributed by atoms with E-state index >= 15 is 0 Å². The number of furan rings is 1. The Kier molecular flexibility index (Phi) is 3.47. The van der Waals surface area contributed by atoms with E-state index in [0.717, 1.165) is 4.88 Å². The van der Waals surface area contributed by atoms with Crippen LogP contribution in [-0.2, 0) is 5.41 Å². The van der Waals surface area contributed by atoms with Gasteiger partial charge in [-0.25, -0.2) is 0 Å². The Labute approximate surface area is 114 Å². The predicted molar refractivity (Wildman–Crippen MR) is 72.4 cm³/mol. The van der Waals surface area contributed by atoms with Gasteiger partial charge in [-0.15, -0.1) is 11.3 Å². The summed E-state index contributed by atoms with van der Waals surface area (Å²) in [6.45, 7) is 6.27. The molecular formula is C13H15NO4S. The lowest BCUT2D eigenvalue weighted by Crippen LogP contribution is -2.07. The molecule has 0 aromatic carbocycles. The Hall–Kier alpha value is -1.66. The first-order valence-electron chi connectivity index (χ1n) is 5.81. The zero-order valence-electron chi connectivity index (χ0n) is 10.9. The van der Waals surface area contributed by atoms with Crippen LogP contribution in [0.5, 0.6) is 0 Å². The molecule has 2 aromatic heterocycles. The molecule has 0 fully saturated rings. The summed E-state index contributed by atoms with van der Waals surface area (Å²) in [6, 6.07) is 6.46. The molecule has 0 bridgehead atoms. The van der Waals surface area contributed by atoms with E-state index in [-0.39, 0.29) is 17.1 Å². The first kappa shape index (κ1) is 13.8. The second-order valence-corrected chi connectivity index (χ2v) is 6.40. The lowest BCUT2D eigenvalue weighted by molar-refractivity contribution is -0.402. The van der Waals surface area contributed by atoms with Gasteiger partial charge in [0.1, 0.15) is 16.8 Å². The highest BCUT2D eigenvalue weighted by Gasteiger charge is 2.23. The zero-order valence-corrected chi connectivity index (χ0v) is 11.7. The molecule has 0 aliphatic carbocycles. The highest BCUT2D eigenvalue weighted by molar-refractivity contribution is 7.12. The Morgan fingerprint density at radius 2 is 2.00 bits per heavy atom. The van der Waals surface area contributed by atoms with Crippen LogP contribution in [0.3, 0.4) is 0 Å². The van der Waals surface area contributed by atoms with Crippen molar-refractivity contribution in [2.75, 3.05) is 0 Å². The number of aliphatic hydroxyl groups excluding tert-OH is 1. The third-order valence-electron chi connectivity index (χ3n) is 2.70. The number of hydrogen-bond donors (Lipinski definition) is 1. The fraction of sp³-hybridized carbons (Fsp3) is 0.385. The zero-order chi connectivity index (χ0) is 14.2. The molecule has 102 valence electrons. The average Bonchev–Trinajstić information content (AvgIpc) is 2.97. The number of nitro groups is 1. The summed E-state index contributed by atoms with van der Waals surface area (Å²) in [5.41, 5.74) is 0.0117. The third-order valence-corrected chi connectivity index (χ3v) is 4.26. The van der Waals surface area contributed by atoms with Crippen molar-refractivity contribution in [3.8, 4) is 0 Å². The molecule has 19 heavy (non-hydrogen) atoms. The molecule has 2 rings (SSSR count). The average molecular weight is 281 g/mol. The van der Waals surface area contributed by atoms with Gasteiger partial charge in [-0.3, -0.25) is 10.1 Å². The smallest absolute Gasteiger partial charge is 0.403 e. The van der Waals surface area contributed by atoms with Gasteiger partial charge in [0, 0.05) is 9.75 Å². The number of nitrogens with zero attached hydrogens (tertiary/aromatic N) is 1. The predicted octanol–water partition coefficient (Wildman–Crippen LogP) is 3.63. The molecule has 0 amide bonds. The maximum atomic E-state index is 10.5. The maximum absolute atomic E-state index is 10.5. The fourth-order valence-corrected chi connectivity index (χ4v) is 2.69. The highest BCUT2D eigenvalue weighted by Crippen LogP contribution is 2.35. The number of hydrogen-bond acceptors (Lipinski definition) is 5. The van der Waals surface area contributed by atoms with Crippen LogP contribution in [0.1, 0.15) is 42.4 Å². The van der Waals surface area contributed by atoms with Crippen LogP contribution in [-0.4, -0.2) is 10.0 Å². The summed E-state index contributed by atoms with van der Waals surface area (Å²) in [4.78, 5) is 11.8. The van der Waals surface area contributed by atoms with Crippen molar-refractivity contribution in [1.29, 1.82) is 0 Å². The second kappa shape index (κ2) is 4.79. The lowest BCUT2D eigenvalue weighted by atomic mass is 9.95. The topological polar surface area (TPSA) is 76.5 Å². The van der Waals surface area contributed by atoms with Crippen LogP contribution >= 0.6 is 11.3 Å². The van der Waals surface area contributed by atoms with Crippen LogP contribution in [0.15, 0.2) is 28.7 Å². The number of rotatable bonds is 3. The van der Waals surface area contributed by atoms with Crippen LogP contribution in [0, 0.1) is 10.1 Å². The normalized spacial score (nSPS) is 13.5. The third kappa shape index (κ3) is 2.85. The molecule has 0 saturated heterocycles. The molecule has 1 unspecified atom stereocenters. The van der Waals surface area contributed by atoms with Crippen molar-refractivity contribution >= 4 is 17.2 Å². The van der Waals surface area contributed by atoms with Gasteiger partial charge < -0.3 is 9.52 Å². The second-order valence-electron chi connectivity index (χ2n) is 5.29. The quantitative estimate of drug-likeness (QED) is 0.688. The summed E-state index contributed by atoms with van der Waals surface area (Å²) in [6.07, 6.45) is -0.963. The minimum absolute atomic E-state index is 0.0117. The summed E-state index contributed by atoms with van der Waals surface area (Å²) in [7, 11) is 0. The van der Waals surface area contributed by atoms with Gasteiger partial charge in [0.15, 0.2) is 0 Å². The van der Waals surface area contributed by atoms with Crippen molar-refractivity contribution in [2.45, 2.75) is 32.3 Å². The van der Waals surface area contributed by atoms with Crippen LogP contribution < -0.4 is 0 Å². The lowest BCUT2D eigenvalue weighted by Gasteiger charge is -2.15. The van der Waals surface area contributed by atoms with Crippen LogP contribution in [0.2, 0.25) is 0 Å². The monoisotopic (exact) mass is 281 g/mol. The Morgan fingerprint density at radius 3 is 2.47 bits per heavy atom.